The van der Waals surface area contributed by atoms with Gasteiger partial charge in [-0.3, -0.25) is 4.79 Å². The minimum Gasteiger partial charge on any atom is -0.355 e. The number of amides is 1. The van der Waals surface area contributed by atoms with Gasteiger partial charge in [-0.05, 0) is 18.3 Å². The molecule has 3 N–H and O–H groups in total. The van der Waals surface area contributed by atoms with Crippen molar-refractivity contribution in [3.8, 4) is 0 Å². The van der Waals surface area contributed by atoms with Crippen LogP contribution in [0.15, 0.2) is 12.2 Å². The highest BCUT2D eigenvalue weighted by Crippen LogP contribution is 2.16. The molecule has 0 spiro atoms. The molecule has 15 heavy (non-hydrogen) atoms. The lowest BCUT2D eigenvalue weighted by Crippen LogP contribution is -2.34. The highest BCUT2D eigenvalue weighted by molar-refractivity contribution is 5.81. The van der Waals surface area contributed by atoms with E-state index in [0.717, 1.165) is 13.0 Å². The molecule has 0 aromatic heterocycles. The summed E-state index contributed by atoms with van der Waals surface area (Å²) in [5.74, 6) is 1.23. The molecule has 3 heteroatoms. The summed E-state index contributed by atoms with van der Waals surface area (Å²) in [7, 11) is 0. The van der Waals surface area contributed by atoms with E-state index in [2.05, 4.69) is 26.1 Å². The Balaban J connectivity index is 2.28. The van der Waals surface area contributed by atoms with Crippen molar-refractivity contribution in [2.45, 2.75) is 33.2 Å². The molecule has 3 atom stereocenters. The Labute approximate surface area is 92.1 Å². The second-order valence-electron chi connectivity index (χ2n) is 4.86. The molecule has 1 aliphatic rings. The molecule has 0 aromatic carbocycles. The maximum Gasteiger partial charge on any atom is 0.227 e. The lowest BCUT2D eigenvalue weighted by Gasteiger charge is -2.17. The lowest BCUT2D eigenvalue weighted by molar-refractivity contribution is -0.123. The smallest absolute Gasteiger partial charge is 0.227 e. The number of nitrogens with two attached hydrogens (primary N) is 1. The monoisotopic (exact) mass is 210 g/mol. The molecule has 0 fully saturated rings. The third kappa shape index (κ3) is 3.67. The summed E-state index contributed by atoms with van der Waals surface area (Å²) < 4.78 is 0. The van der Waals surface area contributed by atoms with Crippen LogP contribution in [0.1, 0.15) is 27.2 Å². The molecule has 86 valence electrons. The van der Waals surface area contributed by atoms with Gasteiger partial charge in [-0.2, -0.15) is 0 Å². The van der Waals surface area contributed by atoms with Gasteiger partial charge >= 0.3 is 0 Å². The minimum absolute atomic E-state index is 0.0145. The first-order valence-corrected chi connectivity index (χ1v) is 5.72. The number of carbonyl (C=O) groups excluding carboxylic acids is 1. The van der Waals surface area contributed by atoms with Crippen LogP contribution in [0.25, 0.3) is 0 Å². The molecule has 1 amide bonds. The van der Waals surface area contributed by atoms with Crippen LogP contribution in [0.4, 0.5) is 0 Å². The highest BCUT2D eigenvalue weighted by Gasteiger charge is 2.22. The molecule has 1 rings (SSSR count). The van der Waals surface area contributed by atoms with Gasteiger partial charge in [0.05, 0.1) is 5.92 Å². The average Bonchev–Trinajstić information content (AvgIpc) is 2.60. The molecule has 0 bridgehead atoms. The van der Waals surface area contributed by atoms with E-state index < -0.39 is 0 Å². The van der Waals surface area contributed by atoms with Gasteiger partial charge in [0.25, 0.3) is 0 Å². The zero-order chi connectivity index (χ0) is 11.4. The first-order chi connectivity index (χ1) is 7.00. The fraction of sp³-hybridized carbons (Fsp3) is 0.750. The Morgan fingerprint density at radius 3 is 2.60 bits per heavy atom. The summed E-state index contributed by atoms with van der Waals surface area (Å²) >= 11 is 0. The maximum atomic E-state index is 11.7. The van der Waals surface area contributed by atoms with Gasteiger partial charge in [0.2, 0.25) is 5.91 Å². The van der Waals surface area contributed by atoms with Gasteiger partial charge in [-0.25, -0.2) is 0 Å². The number of hydrogen-bond donors (Lipinski definition) is 2. The standard InChI is InChI=1S/C12H22N2O/c1-8(2)9(3)7-14-12(15)10-4-5-11(13)6-10/h4-5,8-11H,6-7,13H2,1-3H3,(H,14,15). The van der Waals surface area contributed by atoms with E-state index in [0.29, 0.717) is 11.8 Å². The molecule has 3 nitrogen and oxygen atoms in total. The van der Waals surface area contributed by atoms with E-state index in [1.807, 2.05) is 12.2 Å². The van der Waals surface area contributed by atoms with Gasteiger partial charge < -0.3 is 11.1 Å². The largest absolute Gasteiger partial charge is 0.355 e. The summed E-state index contributed by atoms with van der Waals surface area (Å²) in [6.07, 6.45) is 4.58. The molecular weight excluding hydrogens is 188 g/mol. The zero-order valence-corrected chi connectivity index (χ0v) is 9.86. The third-order valence-electron chi connectivity index (χ3n) is 3.19. The van der Waals surface area contributed by atoms with Gasteiger partial charge in [-0.1, -0.05) is 32.9 Å². The molecular formula is C12H22N2O. The van der Waals surface area contributed by atoms with Crippen LogP contribution in [0, 0.1) is 17.8 Å². The number of nitrogens with one attached hydrogen (secondary N) is 1. The van der Waals surface area contributed by atoms with E-state index in [-0.39, 0.29) is 17.9 Å². The Bertz CT molecular complexity index is 248. The van der Waals surface area contributed by atoms with Crippen LogP contribution in [0.3, 0.4) is 0 Å². The summed E-state index contributed by atoms with van der Waals surface area (Å²) in [5.41, 5.74) is 5.70. The van der Waals surface area contributed by atoms with Crippen LogP contribution in [-0.4, -0.2) is 18.5 Å². The average molecular weight is 210 g/mol. The molecule has 0 saturated heterocycles. The minimum atomic E-state index is -0.0145. The summed E-state index contributed by atoms with van der Waals surface area (Å²) in [5, 5.41) is 2.98. The second-order valence-corrected chi connectivity index (χ2v) is 4.86. The number of hydrogen-bond acceptors (Lipinski definition) is 2. The fourth-order valence-electron chi connectivity index (χ4n) is 1.55. The van der Waals surface area contributed by atoms with E-state index in [1.165, 1.54) is 0 Å². The first kappa shape index (κ1) is 12.2. The highest BCUT2D eigenvalue weighted by atomic mass is 16.1. The molecule has 1 aliphatic carbocycles. The van der Waals surface area contributed by atoms with Gasteiger partial charge in [0.1, 0.15) is 0 Å². The van der Waals surface area contributed by atoms with Crippen molar-refractivity contribution in [2.24, 2.45) is 23.5 Å². The van der Waals surface area contributed by atoms with Crippen molar-refractivity contribution in [1.29, 1.82) is 0 Å². The Morgan fingerprint density at radius 1 is 1.47 bits per heavy atom. The van der Waals surface area contributed by atoms with Crippen LogP contribution < -0.4 is 11.1 Å². The Hall–Kier alpha value is -0.830. The molecule has 0 heterocycles. The van der Waals surface area contributed by atoms with Gasteiger partial charge in [-0.15, -0.1) is 0 Å². The molecule has 0 aliphatic heterocycles. The van der Waals surface area contributed by atoms with E-state index in [9.17, 15) is 4.79 Å². The zero-order valence-electron chi connectivity index (χ0n) is 9.86. The predicted molar refractivity (Wildman–Crippen MR) is 62.2 cm³/mol. The second kappa shape index (κ2) is 5.31. The molecule has 3 unspecified atom stereocenters. The number of rotatable bonds is 4. The predicted octanol–water partition coefficient (Wildman–Crippen LogP) is 1.30. The van der Waals surface area contributed by atoms with Gasteiger partial charge in [0.15, 0.2) is 0 Å². The van der Waals surface area contributed by atoms with Crippen LogP contribution >= 0.6 is 0 Å². The normalized spacial score (nSPS) is 27.0. The van der Waals surface area contributed by atoms with Crippen molar-refractivity contribution < 1.29 is 4.79 Å². The fourth-order valence-corrected chi connectivity index (χ4v) is 1.55. The SMILES string of the molecule is CC(C)C(C)CNC(=O)C1C=CC(N)C1. The maximum absolute atomic E-state index is 11.7. The lowest BCUT2D eigenvalue weighted by atomic mass is 9.98. The van der Waals surface area contributed by atoms with Crippen LogP contribution in [0.2, 0.25) is 0 Å². The van der Waals surface area contributed by atoms with Crippen molar-refractivity contribution in [2.75, 3.05) is 6.54 Å². The summed E-state index contributed by atoms with van der Waals surface area (Å²) in [6.45, 7) is 7.25. The van der Waals surface area contributed by atoms with Crippen molar-refractivity contribution >= 4 is 5.91 Å². The molecule has 0 aromatic rings. The Morgan fingerprint density at radius 2 is 2.13 bits per heavy atom. The van der Waals surface area contributed by atoms with Crippen molar-refractivity contribution in [3.05, 3.63) is 12.2 Å². The van der Waals surface area contributed by atoms with Crippen LogP contribution in [0.5, 0.6) is 0 Å². The molecule has 0 saturated carbocycles. The number of carbonyl (C=O) groups is 1. The Kier molecular flexibility index (Phi) is 4.33. The van der Waals surface area contributed by atoms with Crippen LogP contribution in [-0.2, 0) is 4.79 Å². The van der Waals surface area contributed by atoms with Crippen molar-refractivity contribution in [1.82, 2.24) is 5.32 Å². The van der Waals surface area contributed by atoms with E-state index >= 15 is 0 Å². The summed E-state index contributed by atoms with van der Waals surface area (Å²) in [6, 6.07) is 0.0586. The van der Waals surface area contributed by atoms with E-state index in [1.54, 1.807) is 0 Å². The third-order valence-corrected chi connectivity index (χ3v) is 3.19. The topological polar surface area (TPSA) is 55.1 Å². The quantitative estimate of drug-likeness (QED) is 0.687. The first-order valence-electron chi connectivity index (χ1n) is 5.72. The van der Waals surface area contributed by atoms with Crippen molar-refractivity contribution in [3.63, 3.8) is 0 Å². The summed E-state index contributed by atoms with van der Waals surface area (Å²) in [4.78, 5) is 11.7. The molecule has 0 radical (unpaired) electrons. The van der Waals surface area contributed by atoms with Gasteiger partial charge in [0, 0.05) is 12.6 Å². The van der Waals surface area contributed by atoms with E-state index in [4.69, 9.17) is 5.73 Å².